The summed E-state index contributed by atoms with van der Waals surface area (Å²) in [7, 11) is 1.40. The molecule has 4 N–H and O–H groups in total. The third-order valence-electron chi connectivity index (χ3n) is 5.80. The fourth-order valence-corrected chi connectivity index (χ4v) is 3.93. The van der Waals surface area contributed by atoms with Gasteiger partial charge in [-0.05, 0) is 42.4 Å². The fraction of sp³-hybridized carbons (Fsp3) is 0.625. The molecule has 7 nitrogen and oxygen atoms in total. The van der Waals surface area contributed by atoms with Crippen LogP contribution >= 0.6 is 0 Å². The summed E-state index contributed by atoms with van der Waals surface area (Å²) in [6, 6.07) is 3.88. The van der Waals surface area contributed by atoms with E-state index in [-0.39, 0.29) is 30.1 Å². The molecule has 2 rings (SSSR count). The van der Waals surface area contributed by atoms with E-state index < -0.39 is 11.9 Å². The van der Waals surface area contributed by atoms with E-state index in [1.807, 2.05) is 13.8 Å². The van der Waals surface area contributed by atoms with Crippen molar-refractivity contribution in [2.75, 3.05) is 7.11 Å². The van der Waals surface area contributed by atoms with Crippen LogP contribution in [0.3, 0.4) is 0 Å². The topological polar surface area (TPSA) is 106 Å². The van der Waals surface area contributed by atoms with Gasteiger partial charge in [-0.2, -0.15) is 4.99 Å². The first kappa shape index (κ1) is 25.6. The molecule has 0 aliphatic heterocycles. The second-order valence-corrected chi connectivity index (χ2v) is 8.95. The quantitative estimate of drug-likeness (QED) is 0.374. The Kier molecular flexibility index (Phi) is 10.4. The number of hydrogen-bond donors (Lipinski definition) is 3. The predicted molar refractivity (Wildman–Crippen MR) is 124 cm³/mol. The molecule has 32 heavy (non-hydrogen) atoms. The summed E-state index contributed by atoms with van der Waals surface area (Å²) >= 11 is 0. The Morgan fingerprint density at radius 1 is 1.25 bits per heavy atom. The molecule has 1 aromatic rings. The lowest BCUT2D eigenvalue weighted by Crippen LogP contribution is -2.50. The van der Waals surface area contributed by atoms with E-state index in [0.29, 0.717) is 24.7 Å². The smallest absolute Gasteiger partial charge is 0.248 e. The van der Waals surface area contributed by atoms with Gasteiger partial charge in [0.1, 0.15) is 6.04 Å². The Bertz CT molecular complexity index is 791. The Morgan fingerprint density at radius 3 is 2.62 bits per heavy atom. The molecule has 0 bridgehead atoms. The molecule has 0 saturated heterocycles. The maximum absolute atomic E-state index is 13.6. The number of carbonyl (C=O) groups excluding carboxylic acids is 2. The molecule has 8 heteroatoms. The van der Waals surface area contributed by atoms with Crippen molar-refractivity contribution in [1.29, 1.82) is 0 Å². The number of benzene rings is 1. The monoisotopic (exact) mass is 448 g/mol. The van der Waals surface area contributed by atoms with Crippen LogP contribution in [0.15, 0.2) is 23.2 Å². The van der Waals surface area contributed by atoms with E-state index in [1.165, 1.54) is 19.6 Å². The number of methoxy groups -OCH3 is 1. The fourth-order valence-electron chi connectivity index (χ4n) is 3.93. The minimum atomic E-state index is -0.595. The summed E-state index contributed by atoms with van der Waals surface area (Å²) in [6.07, 6.45) is 7.37. The number of ether oxygens (including phenoxy) is 1. The van der Waals surface area contributed by atoms with Gasteiger partial charge in [-0.25, -0.2) is 4.39 Å². The van der Waals surface area contributed by atoms with E-state index >= 15 is 0 Å². The van der Waals surface area contributed by atoms with Gasteiger partial charge in [0.2, 0.25) is 11.8 Å². The second-order valence-electron chi connectivity index (χ2n) is 8.95. The van der Waals surface area contributed by atoms with Crippen LogP contribution < -0.4 is 21.1 Å². The SMILES string of the molecule is COc1cc(CNC(=O)C(CC2CCCCC2)NC(N)=NC(=O)CCC(C)C)ccc1F. The molecular weight excluding hydrogens is 411 g/mol. The van der Waals surface area contributed by atoms with Gasteiger partial charge < -0.3 is 21.1 Å². The van der Waals surface area contributed by atoms with Crippen LogP contribution in [-0.2, 0) is 16.1 Å². The highest BCUT2D eigenvalue weighted by molar-refractivity contribution is 5.95. The number of nitrogens with zero attached hydrogens (tertiary/aromatic N) is 1. The lowest BCUT2D eigenvalue weighted by Gasteiger charge is -2.27. The van der Waals surface area contributed by atoms with Gasteiger partial charge in [0.05, 0.1) is 7.11 Å². The van der Waals surface area contributed by atoms with Gasteiger partial charge in [0, 0.05) is 13.0 Å². The zero-order chi connectivity index (χ0) is 23.5. The summed E-state index contributed by atoms with van der Waals surface area (Å²) in [6.45, 7) is 4.31. The van der Waals surface area contributed by atoms with Crippen LogP contribution in [0.4, 0.5) is 4.39 Å². The zero-order valence-electron chi connectivity index (χ0n) is 19.5. The van der Waals surface area contributed by atoms with Crippen LogP contribution in [0.1, 0.15) is 70.8 Å². The molecule has 1 aliphatic carbocycles. The van der Waals surface area contributed by atoms with Crippen LogP contribution in [0.25, 0.3) is 0 Å². The molecule has 1 aromatic carbocycles. The van der Waals surface area contributed by atoms with Crippen molar-refractivity contribution in [3.8, 4) is 5.75 Å². The van der Waals surface area contributed by atoms with Gasteiger partial charge in [0.25, 0.3) is 0 Å². The summed E-state index contributed by atoms with van der Waals surface area (Å²) in [5, 5.41) is 5.84. The number of nitrogens with one attached hydrogen (secondary N) is 2. The Hall–Kier alpha value is -2.64. The van der Waals surface area contributed by atoms with Crippen molar-refractivity contribution < 1.29 is 18.7 Å². The number of aliphatic imine (C=N–C) groups is 1. The number of amides is 2. The van der Waals surface area contributed by atoms with Crippen molar-refractivity contribution in [2.24, 2.45) is 22.6 Å². The lowest BCUT2D eigenvalue weighted by molar-refractivity contribution is -0.123. The molecule has 1 unspecified atom stereocenters. The van der Waals surface area contributed by atoms with Crippen molar-refractivity contribution in [2.45, 2.75) is 77.8 Å². The number of hydrogen-bond acceptors (Lipinski definition) is 3. The molecule has 0 spiro atoms. The first-order valence-corrected chi connectivity index (χ1v) is 11.5. The predicted octanol–water partition coefficient (Wildman–Crippen LogP) is 3.66. The first-order valence-electron chi connectivity index (χ1n) is 11.5. The molecule has 178 valence electrons. The zero-order valence-corrected chi connectivity index (χ0v) is 19.5. The Balaban J connectivity index is 2.02. The summed E-state index contributed by atoms with van der Waals surface area (Å²) < 4.78 is 18.6. The van der Waals surface area contributed by atoms with Gasteiger partial charge in [-0.1, -0.05) is 52.0 Å². The van der Waals surface area contributed by atoms with E-state index in [4.69, 9.17) is 10.5 Å². The first-order chi connectivity index (χ1) is 15.3. The maximum Gasteiger partial charge on any atom is 0.248 e. The third-order valence-corrected chi connectivity index (χ3v) is 5.80. The average molecular weight is 449 g/mol. The van der Waals surface area contributed by atoms with Gasteiger partial charge >= 0.3 is 0 Å². The molecule has 1 fully saturated rings. The Morgan fingerprint density at radius 2 is 1.97 bits per heavy atom. The minimum Gasteiger partial charge on any atom is -0.494 e. The molecule has 0 heterocycles. The summed E-state index contributed by atoms with van der Waals surface area (Å²) in [5.74, 6) is -0.0557. The van der Waals surface area contributed by atoms with E-state index in [2.05, 4.69) is 15.6 Å². The van der Waals surface area contributed by atoms with E-state index in [1.54, 1.807) is 12.1 Å². The summed E-state index contributed by atoms with van der Waals surface area (Å²) in [5.41, 5.74) is 6.69. The highest BCUT2D eigenvalue weighted by atomic mass is 19.1. The van der Waals surface area contributed by atoms with Crippen molar-refractivity contribution >= 4 is 17.8 Å². The normalized spacial score (nSPS) is 16.0. The van der Waals surface area contributed by atoms with E-state index in [9.17, 15) is 14.0 Å². The number of carbonyl (C=O) groups is 2. The number of halogens is 1. The van der Waals surface area contributed by atoms with Gasteiger partial charge in [-0.3, -0.25) is 9.59 Å². The molecule has 1 aliphatic rings. The highest BCUT2D eigenvalue weighted by Gasteiger charge is 2.25. The van der Waals surface area contributed by atoms with Crippen molar-refractivity contribution in [3.05, 3.63) is 29.6 Å². The average Bonchev–Trinajstić information content (AvgIpc) is 2.77. The maximum atomic E-state index is 13.6. The van der Waals surface area contributed by atoms with Crippen LogP contribution in [-0.4, -0.2) is 30.9 Å². The number of nitrogens with two attached hydrogens (primary N) is 1. The number of rotatable bonds is 10. The third kappa shape index (κ3) is 8.85. The minimum absolute atomic E-state index is 0.0295. The van der Waals surface area contributed by atoms with Crippen LogP contribution in [0.5, 0.6) is 5.75 Å². The van der Waals surface area contributed by atoms with Crippen LogP contribution in [0.2, 0.25) is 0 Å². The van der Waals surface area contributed by atoms with Gasteiger partial charge in [-0.15, -0.1) is 0 Å². The Labute approximate surface area is 190 Å². The molecule has 1 atom stereocenters. The second kappa shape index (κ2) is 13.0. The van der Waals surface area contributed by atoms with Gasteiger partial charge in [0.15, 0.2) is 17.5 Å². The molecule has 0 aromatic heterocycles. The van der Waals surface area contributed by atoms with Crippen LogP contribution in [0, 0.1) is 17.7 Å². The summed E-state index contributed by atoms with van der Waals surface area (Å²) in [4.78, 5) is 28.9. The lowest BCUT2D eigenvalue weighted by atomic mass is 9.84. The highest BCUT2D eigenvalue weighted by Crippen LogP contribution is 2.27. The molecular formula is C24H37FN4O3. The number of guanidine groups is 1. The molecule has 0 radical (unpaired) electrons. The van der Waals surface area contributed by atoms with E-state index in [0.717, 1.165) is 37.7 Å². The largest absolute Gasteiger partial charge is 0.494 e. The molecule has 1 saturated carbocycles. The molecule has 2 amide bonds. The standard InChI is InChI=1S/C24H37FN4O3/c1-16(2)9-12-22(30)29-24(26)28-20(13-17-7-5-4-6-8-17)23(31)27-15-18-10-11-19(25)21(14-18)32-3/h10-11,14,16-17,20H,4-9,12-13,15H2,1-3H3,(H,27,31)(H3,26,28,29,30). The van der Waals surface area contributed by atoms with Crippen molar-refractivity contribution in [1.82, 2.24) is 10.6 Å². The van der Waals surface area contributed by atoms with Crippen molar-refractivity contribution in [3.63, 3.8) is 0 Å².